The summed E-state index contributed by atoms with van der Waals surface area (Å²) < 4.78 is 13.5. The average Bonchev–Trinajstić information content (AvgIpc) is 2.78. The lowest BCUT2D eigenvalue weighted by atomic mass is 10.2. The normalized spacial score (nSPS) is 9.83. The summed E-state index contributed by atoms with van der Waals surface area (Å²) in [5, 5.41) is 12.8. The van der Waals surface area contributed by atoms with E-state index in [0.29, 0.717) is 9.77 Å². The zero-order valence-corrected chi connectivity index (χ0v) is 10.7. The van der Waals surface area contributed by atoms with Crippen molar-refractivity contribution in [1.82, 2.24) is 0 Å². The van der Waals surface area contributed by atoms with Crippen LogP contribution in [0.2, 0.25) is 0 Å². The van der Waals surface area contributed by atoms with Gasteiger partial charge >= 0.3 is 0 Å². The van der Waals surface area contributed by atoms with E-state index in [4.69, 9.17) is 5.26 Å². The van der Waals surface area contributed by atoms with E-state index < -0.39 is 11.7 Å². The van der Waals surface area contributed by atoms with E-state index in [2.05, 4.69) is 17.9 Å². The molecule has 0 unspecified atom stereocenters. The topological polar surface area (TPSA) is 52.9 Å². The van der Waals surface area contributed by atoms with Gasteiger partial charge in [0, 0.05) is 10.3 Å². The standard InChI is InChI=1S/C12H7FN2OS2/c13-9-3-7(5-14)1-2-10(9)15-12(16)11-4-8(17)6-18-11/h1-4,6,17H,(H,15,16). The zero-order chi connectivity index (χ0) is 13.1. The summed E-state index contributed by atoms with van der Waals surface area (Å²) in [6.07, 6.45) is 0. The monoisotopic (exact) mass is 278 g/mol. The van der Waals surface area contributed by atoms with E-state index in [1.54, 1.807) is 11.4 Å². The van der Waals surface area contributed by atoms with Crippen molar-refractivity contribution in [1.29, 1.82) is 5.26 Å². The molecule has 0 aliphatic rings. The summed E-state index contributed by atoms with van der Waals surface area (Å²) in [6.45, 7) is 0. The highest BCUT2D eigenvalue weighted by atomic mass is 32.1. The first-order chi connectivity index (χ1) is 8.60. The summed E-state index contributed by atoms with van der Waals surface area (Å²) >= 11 is 5.32. The quantitative estimate of drug-likeness (QED) is 0.828. The molecule has 2 aromatic rings. The molecule has 0 spiro atoms. The summed E-state index contributed by atoms with van der Waals surface area (Å²) in [6, 6.07) is 7.31. The van der Waals surface area contributed by atoms with Gasteiger partial charge in [-0.05, 0) is 24.3 Å². The summed E-state index contributed by atoms with van der Waals surface area (Å²) in [4.78, 5) is 12.9. The summed E-state index contributed by atoms with van der Waals surface area (Å²) in [7, 11) is 0. The molecule has 0 radical (unpaired) electrons. The third kappa shape index (κ3) is 2.70. The number of thiophene rings is 1. The minimum Gasteiger partial charge on any atom is -0.319 e. The van der Waals surface area contributed by atoms with E-state index in [0.717, 1.165) is 6.07 Å². The van der Waals surface area contributed by atoms with Gasteiger partial charge < -0.3 is 5.32 Å². The number of hydrogen-bond acceptors (Lipinski definition) is 4. The average molecular weight is 278 g/mol. The maximum Gasteiger partial charge on any atom is 0.265 e. The molecule has 1 amide bonds. The van der Waals surface area contributed by atoms with E-state index in [-0.39, 0.29) is 11.3 Å². The number of halogens is 1. The van der Waals surface area contributed by atoms with Crippen LogP contribution in [0.4, 0.5) is 10.1 Å². The fourth-order valence-corrected chi connectivity index (χ4v) is 2.36. The number of carbonyl (C=O) groups is 1. The first-order valence-corrected chi connectivity index (χ1v) is 6.21. The third-order valence-electron chi connectivity index (χ3n) is 2.16. The number of nitriles is 1. The van der Waals surface area contributed by atoms with Gasteiger partial charge in [0.05, 0.1) is 22.2 Å². The largest absolute Gasteiger partial charge is 0.319 e. The maximum absolute atomic E-state index is 13.5. The lowest BCUT2D eigenvalue weighted by Gasteiger charge is -2.04. The van der Waals surface area contributed by atoms with Crippen LogP contribution in [0.3, 0.4) is 0 Å². The lowest BCUT2D eigenvalue weighted by Crippen LogP contribution is -2.11. The molecule has 90 valence electrons. The molecule has 3 nitrogen and oxygen atoms in total. The fourth-order valence-electron chi connectivity index (χ4n) is 1.32. The second-order valence-electron chi connectivity index (χ2n) is 3.43. The van der Waals surface area contributed by atoms with Crippen LogP contribution < -0.4 is 5.32 Å². The highest BCUT2D eigenvalue weighted by Crippen LogP contribution is 2.21. The first kappa shape index (κ1) is 12.6. The number of hydrogen-bond donors (Lipinski definition) is 2. The molecule has 0 saturated carbocycles. The SMILES string of the molecule is N#Cc1ccc(NC(=O)c2cc(S)cs2)c(F)c1. The minimum atomic E-state index is -0.634. The van der Waals surface area contributed by atoms with Gasteiger partial charge in [-0.3, -0.25) is 4.79 Å². The van der Waals surface area contributed by atoms with Crippen molar-refractivity contribution in [3.63, 3.8) is 0 Å². The maximum atomic E-state index is 13.5. The molecule has 2 rings (SSSR count). The number of nitrogens with one attached hydrogen (secondary N) is 1. The molecule has 0 fully saturated rings. The number of amides is 1. The summed E-state index contributed by atoms with van der Waals surface area (Å²) in [5.41, 5.74) is 0.257. The number of rotatable bonds is 2. The van der Waals surface area contributed by atoms with Crippen LogP contribution in [0.5, 0.6) is 0 Å². The molecule has 1 heterocycles. The Kier molecular flexibility index (Phi) is 3.65. The van der Waals surface area contributed by atoms with Gasteiger partial charge in [-0.1, -0.05) is 0 Å². The molecule has 0 bridgehead atoms. The van der Waals surface area contributed by atoms with Crippen LogP contribution in [0.15, 0.2) is 34.5 Å². The predicted molar refractivity (Wildman–Crippen MR) is 70.6 cm³/mol. The van der Waals surface area contributed by atoms with Gasteiger partial charge in [-0.25, -0.2) is 4.39 Å². The van der Waals surface area contributed by atoms with Crippen molar-refractivity contribution in [3.05, 3.63) is 45.9 Å². The predicted octanol–water partition coefficient (Wildman–Crippen LogP) is 3.30. The van der Waals surface area contributed by atoms with E-state index in [1.807, 2.05) is 6.07 Å². The van der Waals surface area contributed by atoms with E-state index in [1.165, 1.54) is 23.5 Å². The number of carbonyl (C=O) groups excluding carboxylic acids is 1. The molecule has 0 aliphatic heterocycles. The van der Waals surface area contributed by atoms with Crippen molar-refractivity contribution in [2.24, 2.45) is 0 Å². The number of thiol groups is 1. The Balaban J connectivity index is 2.20. The van der Waals surface area contributed by atoms with Gasteiger partial charge in [-0.15, -0.1) is 24.0 Å². The fraction of sp³-hybridized carbons (Fsp3) is 0. The Labute approximate surface area is 112 Å². The smallest absolute Gasteiger partial charge is 0.265 e. The highest BCUT2D eigenvalue weighted by Gasteiger charge is 2.11. The van der Waals surface area contributed by atoms with Crippen LogP contribution in [0.1, 0.15) is 15.2 Å². The second kappa shape index (κ2) is 5.21. The van der Waals surface area contributed by atoms with Gasteiger partial charge in [0.2, 0.25) is 0 Å². The number of benzene rings is 1. The molecule has 1 aromatic carbocycles. The van der Waals surface area contributed by atoms with Crippen LogP contribution in [-0.4, -0.2) is 5.91 Å². The zero-order valence-electron chi connectivity index (χ0n) is 8.98. The minimum absolute atomic E-state index is 0.0492. The van der Waals surface area contributed by atoms with Gasteiger partial charge in [0.1, 0.15) is 5.82 Å². The molecule has 1 N–H and O–H groups in total. The molecular weight excluding hydrogens is 271 g/mol. The van der Waals surface area contributed by atoms with Crippen molar-refractivity contribution in [2.45, 2.75) is 4.90 Å². The van der Waals surface area contributed by atoms with E-state index >= 15 is 0 Å². The molecule has 18 heavy (non-hydrogen) atoms. The molecule has 0 saturated heterocycles. The molecular formula is C12H7FN2OS2. The Morgan fingerprint density at radius 1 is 1.44 bits per heavy atom. The van der Waals surface area contributed by atoms with Gasteiger partial charge in [0.15, 0.2) is 0 Å². The van der Waals surface area contributed by atoms with Gasteiger partial charge in [0.25, 0.3) is 5.91 Å². The van der Waals surface area contributed by atoms with Crippen LogP contribution >= 0.6 is 24.0 Å². The van der Waals surface area contributed by atoms with Crippen LogP contribution in [-0.2, 0) is 0 Å². The Morgan fingerprint density at radius 3 is 2.78 bits per heavy atom. The van der Waals surface area contributed by atoms with Crippen LogP contribution in [0.25, 0.3) is 0 Å². The molecule has 6 heteroatoms. The Hall–Kier alpha value is -1.84. The van der Waals surface area contributed by atoms with Gasteiger partial charge in [-0.2, -0.15) is 5.26 Å². The molecule has 0 aliphatic carbocycles. The van der Waals surface area contributed by atoms with Crippen molar-refractivity contribution < 1.29 is 9.18 Å². The third-order valence-corrected chi connectivity index (χ3v) is 3.52. The van der Waals surface area contributed by atoms with Crippen LogP contribution in [0, 0.1) is 17.1 Å². The number of nitrogens with zero attached hydrogens (tertiary/aromatic N) is 1. The highest BCUT2D eigenvalue weighted by molar-refractivity contribution is 7.80. The molecule has 1 aromatic heterocycles. The first-order valence-electron chi connectivity index (χ1n) is 4.88. The van der Waals surface area contributed by atoms with Crippen molar-refractivity contribution in [3.8, 4) is 6.07 Å². The van der Waals surface area contributed by atoms with Crippen molar-refractivity contribution >= 4 is 35.6 Å². The van der Waals surface area contributed by atoms with E-state index in [9.17, 15) is 9.18 Å². The Morgan fingerprint density at radius 2 is 2.22 bits per heavy atom. The van der Waals surface area contributed by atoms with Crippen molar-refractivity contribution in [2.75, 3.05) is 5.32 Å². The second-order valence-corrected chi connectivity index (χ2v) is 4.86. The molecule has 0 atom stereocenters. The lowest BCUT2D eigenvalue weighted by molar-refractivity contribution is 0.103. The number of anilines is 1. The Bertz CT molecular complexity index is 646. The summed E-state index contributed by atoms with van der Waals surface area (Å²) in [5.74, 6) is -1.03.